The number of para-hydroxylation sites is 1. The van der Waals surface area contributed by atoms with Gasteiger partial charge < -0.3 is 10.6 Å². The average Bonchev–Trinajstić information content (AvgIpc) is 2.85. The van der Waals surface area contributed by atoms with Gasteiger partial charge in [-0.2, -0.15) is 0 Å². The number of halogens is 3. The lowest BCUT2D eigenvalue weighted by Gasteiger charge is -2.18. The predicted octanol–water partition coefficient (Wildman–Crippen LogP) is 8.37. The Morgan fingerprint density at radius 1 is 0.714 bits per heavy atom. The highest BCUT2D eigenvalue weighted by molar-refractivity contribution is 8.00. The lowest BCUT2D eigenvalue weighted by molar-refractivity contribution is -0.115. The summed E-state index contributed by atoms with van der Waals surface area (Å²) in [4.78, 5) is 26.7. The first-order chi connectivity index (χ1) is 16.9. The van der Waals surface area contributed by atoms with Crippen molar-refractivity contribution < 1.29 is 9.59 Å². The van der Waals surface area contributed by atoms with Crippen LogP contribution in [0.1, 0.15) is 21.2 Å². The van der Waals surface area contributed by atoms with Crippen molar-refractivity contribution in [3.05, 3.63) is 123 Å². The molecule has 0 fully saturated rings. The summed E-state index contributed by atoms with van der Waals surface area (Å²) in [6, 6.07) is 28.6. The zero-order valence-corrected chi connectivity index (χ0v) is 21.3. The number of benzene rings is 4. The molecule has 4 aromatic rings. The number of hydrogen-bond donors (Lipinski definition) is 2. The van der Waals surface area contributed by atoms with E-state index in [0.717, 1.165) is 10.5 Å². The van der Waals surface area contributed by atoms with E-state index in [1.165, 1.54) is 17.8 Å². The molecule has 1 atom stereocenters. The molecule has 0 aliphatic rings. The highest BCUT2D eigenvalue weighted by atomic mass is 35.5. The minimum Gasteiger partial charge on any atom is -0.323 e. The van der Waals surface area contributed by atoms with Gasteiger partial charge in [-0.05, 0) is 60.2 Å². The topological polar surface area (TPSA) is 58.2 Å². The summed E-state index contributed by atoms with van der Waals surface area (Å²) in [7, 11) is 0. The summed E-state index contributed by atoms with van der Waals surface area (Å²) in [6.07, 6.45) is 0. The maximum Gasteiger partial charge on any atom is 0.257 e. The van der Waals surface area contributed by atoms with Crippen LogP contribution in [0.25, 0.3) is 0 Å². The van der Waals surface area contributed by atoms with Gasteiger partial charge in [0.1, 0.15) is 5.25 Å². The van der Waals surface area contributed by atoms with E-state index in [9.17, 15) is 9.59 Å². The molecule has 0 bridgehead atoms. The molecule has 0 spiro atoms. The zero-order valence-electron chi connectivity index (χ0n) is 18.2. The minimum atomic E-state index is -0.513. The summed E-state index contributed by atoms with van der Waals surface area (Å²) < 4.78 is 0. The van der Waals surface area contributed by atoms with Crippen LogP contribution in [0.5, 0.6) is 0 Å². The zero-order chi connectivity index (χ0) is 24.8. The first kappa shape index (κ1) is 25.1. The standard InChI is InChI=1S/C27H19Cl3N2O2S/c28-18-10-15-21(23(30)16-18)26(33)31-19-11-13-20(14-12-19)35-25(17-6-2-1-3-7-17)27(34)32-24-9-5-4-8-22(24)29/h1-16,25H,(H,31,33)(H,32,34). The lowest BCUT2D eigenvalue weighted by Crippen LogP contribution is -2.19. The Balaban J connectivity index is 1.50. The maximum atomic E-state index is 13.2. The van der Waals surface area contributed by atoms with Gasteiger partial charge in [-0.1, -0.05) is 77.3 Å². The van der Waals surface area contributed by atoms with E-state index in [1.54, 1.807) is 36.4 Å². The highest BCUT2D eigenvalue weighted by Gasteiger charge is 2.23. The Bertz CT molecular complexity index is 1350. The van der Waals surface area contributed by atoms with Gasteiger partial charge in [0.2, 0.25) is 5.91 Å². The number of hydrogen-bond acceptors (Lipinski definition) is 3. The van der Waals surface area contributed by atoms with Gasteiger partial charge in [0.25, 0.3) is 5.91 Å². The third-order valence-corrected chi connectivity index (χ3v) is 7.16. The second kappa shape index (κ2) is 11.6. The molecule has 176 valence electrons. The van der Waals surface area contributed by atoms with E-state index < -0.39 is 5.25 Å². The van der Waals surface area contributed by atoms with E-state index in [4.69, 9.17) is 34.8 Å². The van der Waals surface area contributed by atoms with E-state index in [1.807, 2.05) is 54.6 Å². The summed E-state index contributed by atoms with van der Waals surface area (Å²) in [6.45, 7) is 0. The van der Waals surface area contributed by atoms with Gasteiger partial charge in [0, 0.05) is 15.6 Å². The number of rotatable bonds is 7. The fourth-order valence-corrected chi connectivity index (χ4v) is 4.99. The molecule has 1 unspecified atom stereocenters. The van der Waals surface area contributed by atoms with Gasteiger partial charge >= 0.3 is 0 Å². The van der Waals surface area contributed by atoms with Crippen molar-refractivity contribution in [3.8, 4) is 0 Å². The van der Waals surface area contributed by atoms with E-state index in [0.29, 0.717) is 27.0 Å². The smallest absolute Gasteiger partial charge is 0.257 e. The van der Waals surface area contributed by atoms with Crippen LogP contribution in [-0.4, -0.2) is 11.8 Å². The lowest BCUT2D eigenvalue weighted by atomic mass is 10.1. The molecular weight excluding hydrogens is 523 g/mol. The predicted molar refractivity (Wildman–Crippen MR) is 146 cm³/mol. The molecule has 2 amide bonds. The summed E-state index contributed by atoms with van der Waals surface area (Å²) in [5.41, 5.74) is 2.34. The molecule has 0 radical (unpaired) electrons. The number of amides is 2. The SMILES string of the molecule is O=C(Nc1ccc(SC(C(=O)Nc2ccccc2Cl)c2ccccc2)cc1)c1ccc(Cl)cc1Cl. The van der Waals surface area contributed by atoms with Crippen molar-refractivity contribution >= 4 is 69.8 Å². The Morgan fingerprint density at radius 2 is 1.40 bits per heavy atom. The maximum absolute atomic E-state index is 13.2. The monoisotopic (exact) mass is 540 g/mol. The van der Waals surface area contributed by atoms with Gasteiger partial charge in [-0.3, -0.25) is 9.59 Å². The third kappa shape index (κ3) is 6.59. The molecule has 0 aliphatic heterocycles. The molecule has 8 heteroatoms. The largest absolute Gasteiger partial charge is 0.323 e. The van der Waals surface area contributed by atoms with Crippen LogP contribution >= 0.6 is 46.6 Å². The quantitative estimate of drug-likeness (QED) is 0.231. The van der Waals surface area contributed by atoms with Crippen molar-refractivity contribution in [1.82, 2.24) is 0 Å². The summed E-state index contributed by atoms with van der Waals surface area (Å²) in [5, 5.41) is 6.44. The van der Waals surface area contributed by atoms with Crippen LogP contribution in [0.3, 0.4) is 0 Å². The van der Waals surface area contributed by atoms with Crippen molar-refractivity contribution in [2.45, 2.75) is 10.1 Å². The van der Waals surface area contributed by atoms with E-state index in [2.05, 4.69) is 10.6 Å². The number of anilines is 2. The molecule has 4 aromatic carbocycles. The first-order valence-corrected chi connectivity index (χ1v) is 12.6. The normalized spacial score (nSPS) is 11.5. The van der Waals surface area contributed by atoms with Gasteiger partial charge in [0.15, 0.2) is 0 Å². The van der Waals surface area contributed by atoms with Crippen LogP contribution in [0.2, 0.25) is 15.1 Å². The van der Waals surface area contributed by atoms with Gasteiger partial charge in [-0.25, -0.2) is 0 Å². The summed E-state index contributed by atoms with van der Waals surface area (Å²) in [5.74, 6) is -0.530. The highest BCUT2D eigenvalue weighted by Crippen LogP contribution is 2.37. The van der Waals surface area contributed by atoms with Crippen LogP contribution in [0.4, 0.5) is 11.4 Å². The first-order valence-electron chi connectivity index (χ1n) is 10.5. The third-order valence-electron chi connectivity index (χ3n) is 5.01. The second-order valence-electron chi connectivity index (χ2n) is 7.48. The molecule has 4 nitrogen and oxygen atoms in total. The van der Waals surface area contributed by atoms with Gasteiger partial charge in [0.05, 0.1) is 21.3 Å². The van der Waals surface area contributed by atoms with E-state index >= 15 is 0 Å². The molecule has 0 heterocycles. The van der Waals surface area contributed by atoms with Crippen molar-refractivity contribution in [3.63, 3.8) is 0 Å². The Hall–Kier alpha value is -2.96. The molecule has 4 rings (SSSR count). The Labute approximate surface area is 222 Å². The van der Waals surface area contributed by atoms with Gasteiger partial charge in [-0.15, -0.1) is 11.8 Å². The molecule has 2 N–H and O–H groups in total. The molecular formula is C27H19Cl3N2O2S. The number of nitrogens with one attached hydrogen (secondary N) is 2. The molecule has 0 saturated heterocycles. The van der Waals surface area contributed by atoms with Crippen molar-refractivity contribution in [2.24, 2.45) is 0 Å². The average molecular weight is 542 g/mol. The minimum absolute atomic E-state index is 0.191. The fraction of sp³-hybridized carbons (Fsp3) is 0.0370. The molecule has 0 aliphatic carbocycles. The van der Waals surface area contributed by atoms with Crippen molar-refractivity contribution in [2.75, 3.05) is 10.6 Å². The van der Waals surface area contributed by atoms with Crippen LogP contribution in [0, 0.1) is 0 Å². The molecule has 0 saturated carbocycles. The van der Waals surface area contributed by atoms with E-state index in [-0.39, 0.29) is 16.8 Å². The van der Waals surface area contributed by atoms with Crippen LogP contribution < -0.4 is 10.6 Å². The number of carbonyl (C=O) groups excluding carboxylic acids is 2. The Morgan fingerprint density at radius 3 is 2.09 bits per heavy atom. The number of thioether (sulfide) groups is 1. The second-order valence-corrected chi connectivity index (χ2v) is 9.91. The fourth-order valence-electron chi connectivity index (χ4n) is 3.29. The molecule has 35 heavy (non-hydrogen) atoms. The van der Waals surface area contributed by atoms with Crippen LogP contribution in [0.15, 0.2) is 102 Å². The van der Waals surface area contributed by atoms with Crippen molar-refractivity contribution in [1.29, 1.82) is 0 Å². The van der Waals surface area contributed by atoms with Crippen LogP contribution in [-0.2, 0) is 4.79 Å². The summed E-state index contributed by atoms with van der Waals surface area (Å²) >= 11 is 19.7. The Kier molecular flexibility index (Phi) is 8.37. The number of carbonyl (C=O) groups is 2. The molecule has 0 aromatic heterocycles.